The van der Waals surface area contributed by atoms with Gasteiger partial charge < -0.3 is 50.3 Å². The van der Waals surface area contributed by atoms with Crippen molar-refractivity contribution in [1.82, 2.24) is 0 Å². The summed E-state index contributed by atoms with van der Waals surface area (Å²) < 4.78 is 10.3. The van der Waals surface area contributed by atoms with Crippen LogP contribution in [0.25, 0.3) is 12.2 Å². The lowest BCUT2D eigenvalue weighted by Gasteiger charge is -2.45. The maximum Gasteiger partial charge on any atom is 0.335 e. The van der Waals surface area contributed by atoms with E-state index in [4.69, 9.17) is 9.47 Å². The van der Waals surface area contributed by atoms with Crippen molar-refractivity contribution in [3.63, 3.8) is 0 Å². The Morgan fingerprint density at radius 2 is 1.57 bits per heavy atom. The second-order valence-electron chi connectivity index (χ2n) is 9.62. The Morgan fingerprint density at radius 3 is 2.25 bits per heavy atom. The van der Waals surface area contributed by atoms with Crippen LogP contribution < -0.4 is 0 Å². The number of carbonyl (C=O) groups excluding carboxylic acids is 2. The number of carboxylic acids is 1. The molecule has 13 heteroatoms. The molecule has 0 aromatic heterocycles. The van der Waals surface area contributed by atoms with Crippen molar-refractivity contribution in [2.24, 2.45) is 0 Å². The van der Waals surface area contributed by atoms with Crippen LogP contribution in [0.3, 0.4) is 0 Å². The highest BCUT2D eigenvalue weighted by atomic mass is 16.7. The van der Waals surface area contributed by atoms with Crippen molar-refractivity contribution in [3.8, 4) is 23.0 Å². The van der Waals surface area contributed by atoms with Crippen LogP contribution in [0.1, 0.15) is 36.0 Å². The van der Waals surface area contributed by atoms with Crippen molar-refractivity contribution >= 4 is 30.1 Å². The number of aliphatic hydroxyl groups is 3. The smallest absolute Gasteiger partial charge is 0.335 e. The molecule has 1 fully saturated rings. The van der Waals surface area contributed by atoms with Gasteiger partial charge in [0.2, 0.25) is 0 Å². The average molecular weight is 558 g/mol. The molecule has 2 aromatic rings. The van der Waals surface area contributed by atoms with E-state index in [-0.39, 0.29) is 29.7 Å². The predicted octanol–water partition coefficient (Wildman–Crippen LogP) is 0.666. The lowest BCUT2D eigenvalue weighted by Crippen LogP contribution is -2.66. The van der Waals surface area contributed by atoms with Gasteiger partial charge in [-0.1, -0.05) is 6.07 Å². The minimum atomic E-state index is -2.97. The number of aromatic hydroxyl groups is 4. The summed E-state index contributed by atoms with van der Waals surface area (Å²) in [6.45, 7) is 0. The van der Waals surface area contributed by atoms with Crippen molar-refractivity contribution in [3.05, 3.63) is 58.7 Å². The standard InChI is InChI=1S/C27H26O13/c28-17-5-1-13(7-18(17)29)2-6-23(33)40-27(38)21(32)11-26(37,25(35)36)12-22(27)39-24(34)15-4-3-14-9-19(30)20(31)10-16(14)8-15/h1-2,5-10,21-22,28-32,37-38H,3-4,11-12H2,(H,35,36)/b6-2+/t21-,22-,26-,27+/m1/s1. The molecule has 0 aliphatic heterocycles. The minimum absolute atomic E-state index is 0.0252. The first-order valence-corrected chi connectivity index (χ1v) is 12.0. The maximum absolute atomic E-state index is 13.0. The molecule has 40 heavy (non-hydrogen) atoms. The number of carboxylic acid groups (broad SMARTS) is 1. The van der Waals surface area contributed by atoms with Gasteiger partial charge in [-0.2, -0.15) is 0 Å². The first-order chi connectivity index (χ1) is 18.7. The van der Waals surface area contributed by atoms with Gasteiger partial charge in [-0.25, -0.2) is 14.4 Å². The third-order valence-corrected chi connectivity index (χ3v) is 6.81. The summed E-state index contributed by atoms with van der Waals surface area (Å²) in [5.74, 6) is -8.70. The van der Waals surface area contributed by atoms with Crippen LogP contribution in [0.5, 0.6) is 23.0 Å². The summed E-state index contributed by atoms with van der Waals surface area (Å²) in [6.07, 6.45) is -2.49. The van der Waals surface area contributed by atoms with Gasteiger partial charge in [-0.15, -0.1) is 0 Å². The number of hydrogen-bond donors (Lipinski definition) is 8. The number of aryl methyl sites for hydroxylation is 1. The molecule has 0 unspecified atom stereocenters. The van der Waals surface area contributed by atoms with E-state index in [0.29, 0.717) is 11.1 Å². The summed E-state index contributed by atoms with van der Waals surface area (Å²) in [4.78, 5) is 37.3. The number of ether oxygens (including phenoxy) is 2. The Morgan fingerprint density at radius 1 is 0.900 bits per heavy atom. The fraction of sp³-hybridized carbons (Fsp3) is 0.296. The third-order valence-electron chi connectivity index (χ3n) is 6.81. The number of carbonyl (C=O) groups is 3. The van der Waals surface area contributed by atoms with Gasteiger partial charge >= 0.3 is 17.9 Å². The number of fused-ring (bicyclic) bond motifs is 1. The summed E-state index contributed by atoms with van der Waals surface area (Å²) in [5, 5.41) is 80.2. The SMILES string of the molecule is O=C(/C=C/c1ccc(O)c(O)c1)O[C@@]1(O)[C@H](O)C[C@](O)(C(=O)O)C[C@H]1OC(=O)C1=Cc2cc(O)c(O)cc2CC1. The van der Waals surface area contributed by atoms with Crippen molar-refractivity contribution in [1.29, 1.82) is 0 Å². The predicted molar refractivity (Wildman–Crippen MR) is 134 cm³/mol. The molecule has 4 atom stereocenters. The fourth-order valence-corrected chi connectivity index (χ4v) is 4.54. The first-order valence-electron chi connectivity index (χ1n) is 12.0. The number of esters is 2. The Labute approximate surface area is 226 Å². The molecule has 0 spiro atoms. The monoisotopic (exact) mass is 558 g/mol. The Balaban J connectivity index is 1.59. The van der Waals surface area contributed by atoms with E-state index < -0.39 is 71.6 Å². The Hall–Kier alpha value is -4.59. The molecule has 0 radical (unpaired) electrons. The van der Waals surface area contributed by atoms with Crippen LogP contribution in [0.4, 0.5) is 0 Å². The molecule has 0 heterocycles. The Bertz CT molecular complexity index is 1430. The van der Waals surface area contributed by atoms with Crippen LogP contribution in [0.2, 0.25) is 0 Å². The van der Waals surface area contributed by atoms with E-state index in [0.717, 1.165) is 24.3 Å². The number of phenolic OH excluding ortho intramolecular Hbond substituents is 4. The molecule has 212 valence electrons. The van der Waals surface area contributed by atoms with Gasteiger partial charge in [0.05, 0.1) is 0 Å². The summed E-state index contributed by atoms with van der Waals surface area (Å²) in [6, 6.07) is 6.18. The maximum atomic E-state index is 13.0. The third kappa shape index (κ3) is 5.57. The molecule has 13 nitrogen and oxygen atoms in total. The fourth-order valence-electron chi connectivity index (χ4n) is 4.54. The van der Waals surface area contributed by atoms with Crippen LogP contribution in [0.15, 0.2) is 42.0 Å². The van der Waals surface area contributed by atoms with Crippen molar-refractivity contribution < 1.29 is 64.7 Å². The second kappa shape index (κ2) is 10.5. The van der Waals surface area contributed by atoms with E-state index in [2.05, 4.69) is 0 Å². The zero-order valence-corrected chi connectivity index (χ0v) is 20.7. The van der Waals surface area contributed by atoms with E-state index >= 15 is 0 Å². The largest absolute Gasteiger partial charge is 0.504 e. The van der Waals surface area contributed by atoms with Gasteiger partial charge in [-0.3, -0.25) is 0 Å². The second-order valence-corrected chi connectivity index (χ2v) is 9.62. The van der Waals surface area contributed by atoms with Gasteiger partial charge in [0.1, 0.15) is 6.10 Å². The number of rotatable bonds is 6. The average Bonchev–Trinajstić information content (AvgIpc) is 2.88. The lowest BCUT2D eigenvalue weighted by atomic mass is 9.77. The number of aliphatic carboxylic acids is 1. The van der Waals surface area contributed by atoms with Crippen LogP contribution in [-0.2, 0) is 30.3 Å². The normalized spacial score (nSPS) is 26.0. The first kappa shape index (κ1) is 28.4. The molecule has 8 N–H and O–H groups in total. The summed E-state index contributed by atoms with van der Waals surface area (Å²) >= 11 is 0. The molecule has 2 aliphatic rings. The molecule has 0 bridgehead atoms. The number of benzene rings is 2. The number of hydrogen-bond acceptors (Lipinski definition) is 12. The molecule has 0 amide bonds. The van der Waals surface area contributed by atoms with Crippen LogP contribution in [-0.4, -0.2) is 82.4 Å². The quantitative estimate of drug-likeness (QED) is 0.106. The zero-order chi connectivity index (χ0) is 29.4. The van der Waals surface area contributed by atoms with E-state index in [1.54, 1.807) is 0 Å². The highest BCUT2D eigenvalue weighted by Gasteiger charge is 2.61. The lowest BCUT2D eigenvalue weighted by molar-refractivity contribution is -0.314. The summed E-state index contributed by atoms with van der Waals surface area (Å²) in [5.41, 5.74) is -1.35. The molecular formula is C27H26O13. The van der Waals surface area contributed by atoms with Gasteiger partial charge in [0, 0.05) is 24.5 Å². The van der Waals surface area contributed by atoms with E-state index in [1.807, 2.05) is 0 Å². The van der Waals surface area contributed by atoms with Crippen LogP contribution >= 0.6 is 0 Å². The van der Waals surface area contributed by atoms with Gasteiger partial charge in [-0.05, 0) is 65.9 Å². The van der Waals surface area contributed by atoms with Crippen molar-refractivity contribution in [2.75, 3.05) is 0 Å². The highest BCUT2D eigenvalue weighted by molar-refractivity contribution is 5.95. The molecule has 4 rings (SSSR count). The van der Waals surface area contributed by atoms with E-state index in [1.165, 1.54) is 24.3 Å². The van der Waals surface area contributed by atoms with Gasteiger partial charge in [0.25, 0.3) is 5.79 Å². The van der Waals surface area contributed by atoms with Crippen molar-refractivity contribution in [2.45, 2.75) is 49.3 Å². The molecule has 0 saturated heterocycles. The highest BCUT2D eigenvalue weighted by Crippen LogP contribution is 2.40. The van der Waals surface area contributed by atoms with E-state index in [9.17, 15) is 55.2 Å². The molecule has 2 aliphatic carbocycles. The minimum Gasteiger partial charge on any atom is -0.504 e. The zero-order valence-electron chi connectivity index (χ0n) is 20.7. The topological polar surface area (TPSA) is 232 Å². The molecular weight excluding hydrogens is 532 g/mol. The van der Waals surface area contributed by atoms with Crippen LogP contribution in [0, 0.1) is 0 Å². The molecule has 1 saturated carbocycles. The summed E-state index contributed by atoms with van der Waals surface area (Å²) in [7, 11) is 0. The molecule has 2 aromatic carbocycles. The Kier molecular flexibility index (Phi) is 7.48. The number of aliphatic hydroxyl groups excluding tert-OH is 1. The number of phenols is 4. The van der Waals surface area contributed by atoms with Gasteiger partial charge in [0.15, 0.2) is 34.7 Å².